The van der Waals surface area contributed by atoms with Crippen LogP contribution in [0.4, 0.5) is 13.2 Å². The molecule has 0 atom stereocenters. The van der Waals surface area contributed by atoms with E-state index in [4.69, 9.17) is 4.42 Å². The first kappa shape index (κ1) is 13.3. The van der Waals surface area contributed by atoms with Crippen molar-refractivity contribution in [3.8, 4) is 23.0 Å². The second-order valence-electron chi connectivity index (χ2n) is 4.31. The molecule has 0 fully saturated rings. The van der Waals surface area contributed by atoms with Crippen molar-refractivity contribution in [2.24, 2.45) is 7.05 Å². The van der Waals surface area contributed by atoms with Crippen molar-refractivity contribution < 1.29 is 17.6 Å². The third-order valence-corrected chi connectivity index (χ3v) is 2.84. The number of benzene rings is 1. The lowest BCUT2D eigenvalue weighted by Gasteiger charge is -2.04. The highest BCUT2D eigenvalue weighted by Crippen LogP contribution is 2.32. The number of hydrogen-bond acceptors (Lipinski definition) is 4. The van der Waals surface area contributed by atoms with Crippen LogP contribution < -0.4 is 0 Å². The van der Waals surface area contributed by atoms with Crippen LogP contribution in [-0.4, -0.2) is 20.0 Å². The minimum Gasteiger partial charge on any atom is -0.415 e. The molecule has 5 nitrogen and oxygen atoms in total. The number of hydrogen-bond donors (Lipinski definition) is 0. The molecule has 0 spiro atoms. The van der Waals surface area contributed by atoms with E-state index in [0.29, 0.717) is 5.56 Å². The Morgan fingerprint density at radius 2 is 1.71 bits per heavy atom. The van der Waals surface area contributed by atoms with Gasteiger partial charge in [0.25, 0.3) is 5.89 Å². The molecule has 0 unspecified atom stereocenters. The first-order chi connectivity index (χ1) is 9.95. The Morgan fingerprint density at radius 3 is 2.33 bits per heavy atom. The predicted molar refractivity (Wildman–Crippen MR) is 66.9 cm³/mol. The maximum atomic E-state index is 12.7. The lowest BCUT2D eigenvalue weighted by molar-refractivity contribution is -0.143. The first-order valence-corrected chi connectivity index (χ1v) is 5.95. The first-order valence-electron chi connectivity index (χ1n) is 5.95. The number of alkyl halides is 3. The fraction of sp³-hybridized carbons (Fsp3) is 0.154. The molecule has 0 aliphatic rings. The molecule has 0 radical (unpaired) electrons. The van der Waals surface area contributed by atoms with E-state index in [0.717, 1.165) is 10.7 Å². The summed E-state index contributed by atoms with van der Waals surface area (Å²) in [6.45, 7) is 0. The maximum absolute atomic E-state index is 12.7. The highest BCUT2D eigenvalue weighted by atomic mass is 19.4. The zero-order chi connectivity index (χ0) is 15.0. The topological polar surface area (TPSA) is 56.7 Å². The van der Waals surface area contributed by atoms with Gasteiger partial charge < -0.3 is 4.42 Å². The van der Waals surface area contributed by atoms with Crippen molar-refractivity contribution in [2.45, 2.75) is 6.18 Å². The highest BCUT2D eigenvalue weighted by Gasteiger charge is 2.35. The van der Waals surface area contributed by atoms with Crippen LogP contribution in [0.15, 0.2) is 40.8 Å². The van der Waals surface area contributed by atoms with E-state index in [9.17, 15) is 13.2 Å². The number of halogens is 3. The molecule has 0 bridgehead atoms. The molecule has 8 heteroatoms. The number of aryl methyl sites for hydroxylation is 1. The lowest BCUT2D eigenvalue weighted by Crippen LogP contribution is -2.11. The summed E-state index contributed by atoms with van der Waals surface area (Å²) in [6.07, 6.45) is -4.48. The summed E-state index contributed by atoms with van der Waals surface area (Å²) in [5, 5.41) is 11.3. The van der Waals surface area contributed by atoms with Crippen LogP contribution in [0.2, 0.25) is 0 Å². The molecule has 108 valence electrons. The summed E-state index contributed by atoms with van der Waals surface area (Å²) in [5.74, 6) is 0.171. The van der Waals surface area contributed by atoms with E-state index in [1.807, 2.05) is 6.07 Å². The van der Waals surface area contributed by atoms with Gasteiger partial charge in [0.05, 0.1) is 0 Å². The molecule has 3 rings (SSSR count). The van der Waals surface area contributed by atoms with Gasteiger partial charge >= 0.3 is 6.18 Å². The van der Waals surface area contributed by atoms with Gasteiger partial charge in [-0.1, -0.05) is 18.2 Å². The van der Waals surface area contributed by atoms with Crippen molar-refractivity contribution >= 4 is 0 Å². The molecule has 0 N–H and O–H groups in total. The SMILES string of the molecule is Cn1nc(-c2nnc(-c3ccccc3)o2)cc1C(F)(F)F. The van der Waals surface area contributed by atoms with E-state index in [1.54, 1.807) is 24.3 Å². The molecule has 21 heavy (non-hydrogen) atoms. The summed E-state index contributed by atoms with van der Waals surface area (Å²) >= 11 is 0. The third-order valence-electron chi connectivity index (χ3n) is 2.84. The van der Waals surface area contributed by atoms with Crippen molar-refractivity contribution in [3.63, 3.8) is 0 Å². The van der Waals surface area contributed by atoms with Gasteiger partial charge in [0.15, 0.2) is 0 Å². The molecule has 0 saturated carbocycles. The number of rotatable bonds is 2. The number of nitrogens with zero attached hydrogens (tertiary/aromatic N) is 4. The monoisotopic (exact) mass is 294 g/mol. The van der Waals surface area contributed by atoms with Gasteiger partial charge in [0, 0.05) is 18.7 Å². The third kappa shape index (κ3) is 2.51. The van der Waals surface area contributed by atoms with Crippen molar-refractivity contribution in [1.82, 2.24) is 20.0 Å². The zero-order valence-corrected chi connectivity index (χ0v) is 10.8. The molecular formula is C13H9F3N4O. The minimum absolute atomic E-state index is 0.0143. The van der Waals surface area contributed by atoms with Crippen LogP contribution in [0.1, 0.15) is 5.69 Å². The van der Waals surface area contributed by atoms with Crippen LogP contribution in [0.5, 0.6) is 0 Å². The van der Waals surface area contributed by atoms with Crippen molar-refractivity contribution in [3.05, 3.63) is 42.1 Å². The van der Waals surface area contributed by atoms with Gasteiger partial charge in [-0.25, -0.2) is 0 Å². The Labute approximate surface area is 117 Å². The smallest absolute Gasteiger partial charge is 0.415 e. The summed E-state index contributed by atoms with van der Waals surface area (Å²) < 4.78 is 44.3. The summed E-state index contributed by atoms with van der Waals surface area (Å²) in [7, 11) is 1.21. The molecule has 0 saturated heterocycles. The largest absolute Gasteiger partial charge is 0.433 e. The van der Waals surface area contributed by atoms with E-state index >= 15 is 0 Å². The Hall–Kier alpha value is -2.64. The molecule has 2 heterocycles. The summed E-state index contributed by atoms with van der Waals surface area (Å²) in [4.78, 5) is 0. The molecule has 2 aromatic heterocycles. The maximum Gasteiger partial charge on any atom is 0.433 e. The van der Waals surface area contributed by atoms with Gasteiger partial charge in [-0.3, -0.25) is 4.68 Å². The van der Waals surface area contributed by atoms with Gasteiger partial charge in [0.2, 0.25) is 5.89 Å². The fourth-order valence-corrected chi connectivity index (χ4v) is 1.86. The van der Waals surface area contributed by atoms with Gasteiger partial charge in [-0.2, -0.15) is 18.3 Å². The average Bonchev–Trinajstić information content (AvgIpc) is 3.05. The van der Waals surface area contributed by atoms with E-state index in [1.165, 1.54) is 7.05 Å². The Balaban J connectivity index is 1.98. The fourth-order valence-electron chi connectivity index (χ4n) is 1.86. The van der Waals surface area contributed by atoms with E-state index in [2.05, 4.69) is 15.3 Å². The summed E-state index contributed by atoms with van der Waals surface area (Å²) in [5.41, 5.74) is -0.209. The van der Waals surface area contributed by atoms with Crippen LogP contribution in [0, 0.1) is 0 Å². The van der Waals surface area contributed by atoms with Crippen LogP contribution in [0.3, 0.4) is 0 Å². The second kappa shape index (κ2) is 4.72. The van der Waals surface area contributed by atoms with Gasteiger partial charge in [0.1, 0.15) is 11.4 Å². The molecule has 0 aliphatic carbocycles. The zero-order valence-electron chi connectivity index (χ0n) is 10.8. The van der Waals surface area contributed by atoms with Crippen LogP contribution >= 0.6 is 0 Å². The van der Waals surface area contributed by atoms with Gasteiger partial charge in [-0.15, -0.1) is 10.2 Å². The molecule has 1 aromatic carbocycles. The number of aromatic nitrogens is 4. The minimum atomic E-state index is -4.48. The molecule has 3 aromatic rings. The van der Waals surface area contributed by atoms with Crippen molar-refractivity contribution in [1.29, 1.82) is 0 Å². The molecular weight excluding hydrogens is 285 g/mol. The summed E-state index contributed by atoms with van der Waals surface area (Å²) in [6, 6.07) is 9.81. The highest BCUT2D eigenvalue weighted by molar-refractivity contribution is 5.55. The predicted octanol–water partition coefficient (Wildman–Crippen LogP) is 3.16. The van der Waals surface area contributed by atoms with Gasteiger partial charge in [-0.05, 0) is 12.1 Å². The van der Waals surface area contributed by atoms with E-state index < -0.39 is 11.9 Å². The second-order valence-corrected chi connectivity index (χ2v) is 4.31. The Morgan fingerprint density at radius 1 is 1.05 bits per heavy atom. The quantitative estimate of drug-likeness (QED) is 0.728. The van der Waals surface area contributed by atoms with Crippen LogP contribution in [0.25, 0.3) is 23.0 Å². The normalized spacial score (nSPS) is 11.8. The molecule has 0 aliphatic heterocycles. The van der Waals surface area contributed by atoms with E-state index in [-0.39, 0.29) is 17.5 Å². The van der Waals surface area contributed by atoms with Crippen LogP contribution in [-0.2, 0) is 13.2 Å². The Kier molecular flexibility index (Phi) is 3.00. The average molecular weight is 294 g/mol. The Bertz CT molecular complexity index is 761. The lowest BCUT2D eigenvalue weighted by atomic mass is 10.2. The molecule has 0 amide bonds. The van der Waals surface area contributed by atoms with Crippen molar-refractivity contribution in [2.75, 3.05) is 0 Å². The standard InChI is InChI=1S/C13H9F3N4O/c1-20-10(13(14,15)16)7-9(19-20)12-18-17-11(21-12)8-5-3-2-4-6-8/h2-7H,1H3.